The number of carbonyl (C=O) groups excluding carboxylic acids is 1. The van der Waals surface area contributed by atoms with Gasteiger partial charge in [0.25, 0.3) is 0 Å². The van der Waals surface area contributed by atoms with Crippen LogP contribution >= 0.6 is 12.4 Å². The average Bonchev–Trinajstić information content (AvgIpc) is 3.01. The van der Waals surface area contributed by atoms with Crippen molar-refractivity contribution < 1.29 is 13.2 Å². The first kappa shape index (κ1) is 22.1. The van der Waals surface area contributed by atoms with Crippen LogP contribution in [0.4, 0.5) is 0 Å². The van der Waals surface area contributed by atoms with E-state index < -0.39 is 16.1 Å². The van der Waals surface area contributed by atoms with Crippen molar-refractivity contribution in [3.05, 3.63) is 47.8 Å². The van der Waals surface area contributed by atoms with E-state index in [-0.39, 0.29) is 29.3 Å². The fraction of sp³-hybridized carbons (Fsp3) is 0.375. The Kier molecular flexibility index (Phi) is 7.76. The van der Waals surface area contributed by atoms with Gasteiger partial charge in [-0.3, -0.25) is 9.48 Å². The molecule has 144 valence electrons. The number of nitrogens with zero attached hydrogens (tertiary/aromatic N) is 2. The quantitative estimate of drug-likeness (QED) is 0.639. The molecule has 0 spiro atoms. The molecule has 2 rings (SSSR count). The van der Waals surface area contributed by atoms with Crippen molar-refractivity contribution in [3.63, 3.8) is 0 Å². The van der Waals surface area contributed by atoms with Crippen LogP contribution in [0.5, 0.6) is 0 Å². The first-order chi connectivity index (χ1) is 11.8. The van der Waals surface area contributed by atoms with Gasteiger partial charge in [0.2, 0.25) is 15.9 Å². The summed E-state index contributed by atoms with van der Waals surface area (Å²) in [6.45, 7) is 1.84. The predicted molar refractivity (Wildman–Crippen MR) is 102 cm³/mol. The maximum atomic E-state index is 12.5. The molecular weight excluding hydrogens is 378 g/mol. The van der Waals surface area contributed by atoms with Crippen LogP contribution in [0.25, 0.3) is 0 Å². The zero-order valence-corrected chi connectivity index (χ0v) is 16.7. The van der Waals surface area contributed by atoms with Gasteiger partial charge in [-0.1, -0.05) is 12.1 Å². The molecule has 1 heterocycles. The molecule has 0 radical (unpaired) electrons. The largest absolute Gasteiger partial charge is 0.348 e. The minimum absolute atomic E-state index is 0. The molecule has 0 aliphatic rings. The lowest BCUT2D eigenvalue weighted by molar-refractivity contribution is -0.123. The fourth-order valence-corrected chi connectivity index (χ4v) is 3.20. The number of hydrogen-bond acceptors (Lipinski definition) is 5. The van der Waals surface area contributed by atoms with Crippen LogP contribution in [0.3, 0.4) is 0 Å². The maximum Gasteiger partial charge on any atom is 0.242 e. The molecule has 1 aromatic carbocycles. The van der Waals surface area contributed by atoms with Gasteiger partial charge in [-0.2, -0.15) is 5.10 Å². The minimum Gasteiger partial charge on any atom is -0.348 e. The Balaban J connectivity index is 0.00000338. The van der Waals surface area contributed by atoms with E-state index in [1.807, 2.05) is 6.92 Å². The zero-order valence-electron chi connectivity index (χ0n) is 15.1. The molecular formula is C16H24ClN5O3S. The van der Waals surface area contributed by atoms with Crippen molar-refractivity contribution in [2.75, 3.05) is 14.1 Å². The van der Waals surface area contributed by atoms with Crippen molar-refractivity contribution in [1.82, 2.24) is 25.1 Å². The monoisotopic (exact) mass is 401 g/mol. The Morgan fingerprint density at radius 3 is 2.23 bits per heavy atom. The summed E-state index contributed by atoms with van der Waals surface area (Å²) in [7, 11) is 1.39. The van der Waals surface area contributed by atoms with E-state index in [1.165, 1.54) is 19.2 Å². The van der Waals surface area contributed by atoms with E-state index in [9.17, 15) is 13.2 Å². The molecule has 26 heavy (non-hydrogen) atoms. The first-order valence-corrected chi connectivity index (χ1v) is 9.26. The summed E-state index contributed by atoms with van der Waals surface area (Å²) in [6.07, 6.45) is 3.42. The van der Waals surface area contributed by atoms with Gasteiger partial charge in [0.05, 0.1) is 17.1 Å². The van der Waals surface area contributed by atoms with Gasteiger partial charge in [0.1, 0.15) is 6.04 Å². The Morgan fingerprint density at radius 1 is 1.15 bits per heavy atom. The summed E-state index contributed by atoms with van der Waals surface area (Å²) in [4.78, 5) is 12.7. The third-order valence-corrected chi connectivity index (χ3v) is 5.36. The highest BCUT2D eigenvalue weighted by molar-refractivity contribution is 7.89. The molecule has 3 N–H and O–H groups in total. The van der Waals surface area contributed by atoms with Gasteiger partial charge in [0, 0.05) is 18.8 Å². The van der Waals surface area contributed by atoms with Crippen molar-refractivity contribution in [2.45, 2.75) is 23.9 Å². The molecule has 2 unspecified atom stereocenters. The maximum absolute atomic E-state index is 12.5. The Bertz CT molecular complexity index is 836. The molecule has 0 aliphatic carbocycles. The second kappa shape index (κ2) is 9.13. The second-order valence-corrected chi connectivity index (χ2v) is 7.56. The predicted octanol–water partition coefficient (Wildman–Crippen LogP) is 0.888. The van der Waals surface area contributed by atoms with Gasteiger partial charge in [0.15, 0.2) is 0 Å². The van der Waals surface area contributed by atoms with E-state index in [0.717, 1.165) is 11.1 Å². The third kappa shape index (κ3) is 5.04. The Labute approximate surface area is 159 Å². The van der Waals surface area contributed by atoms with Crippen LogP contribution in [-0.4, -0.2) is 38.2 Å². The van der Waals surface area contributed by atoms with Crippen molar-refractivity contribution in [3.8, 4) is 0 Å². The molecule has 1 amide bonds. The smallest absolute Gasteiger partial charge is 0.242 e. The minimum atomic E-state index is -3.47. The van der Waals surface area contributed by atoms with Crippen LogP contribution in [0, 0.1) is 0 Å². The number of hydrogen-bond donors (Lipinski definition) is 3. The van der Waals surface area contributed by atoms with Crippen LogP contribution in [0.1, 0.15) is 30.1 Å². The summed E-state index contributed by atoms with van der Waals surface area (Å²) in [5, 5.41) is 9.98. The second-order valence-electron chi connectivity index (χ2n) is 5.68. The standard InChI is InChI=1S/C16H23N5O3S.ClH/c1-11(12-5-7-14(8-6-12)25(23,24)18-3)20-16(22)15(17-2)13-9-19-21(4)10-13;/h5-11,15,17-18H,1-4H3,(H,20,22);1H. The Hall–Kier alpha value is -1.94. The Morgan fingerprint density at radius 2 is 1.77 bits per heavy atom. The van der Waals surface area contributed by atoms with Gasteiger partial charge < -0.3 is 10.6 Å². The normalized spacial score (nSPS) is 13.5. The number of amides is 1. The van der Waals surface area contributed by atoms with Crippen molar-refractivity contribution in [1.29, 1.82) is 0 Å². The van der Waals surface area contributed by atoms with Crippen LogP contribution < -0.4 is 15.4 Å². The molecule has 8 nitrogen and oxygen atoms in total. The summed E-state index contributed by atoms with van der Waals surface area (Å²) < 4.78 is 27.4. The lowest BCUT2D eigenvalue weighted by Crippen LogP contribution is -2.37. The van der Waals surface area contributed by atoms with Gasteiger partial charge in [-0.25, -0.2) is 13.1 Å². The molecule has 2 aromatic rings. The average molecular weight is 402 g/mol. The van der Waals surface area contributed by atoms with Gasteiger partial charge in [-0.15, -0.1) is 12.4 Å². The SMILES string of the molecule is CNC(C(=O)NC(C)c1ccc(S(=O)(=O)NC)cc1)c1cnn(C)c1.Cl. The highest BCUT2D eigenvalue weighted by Gasteiger charge is 2.22. The number of rotatable bonds is 7. The van der Waals surface area contributed by atoms with Crippen LogP contribution in [0.15, 0.2) is 41.6 Å². The van der Waals surface area contributed by atoms with E-state index >= 15 is 0 Å². The topological polar surface area (TPSA) is 105 Å². The van der Waals surface area contributed by atoms with Gasteiger partial charge >= 0.3 is 0 Å². The summed E-state index contributed by atoms with van der Waals surface area (Å²) >= 11 is 0. The lowest BCUT2D eigenvalue weighted by atomic mass is 10.1. The number of benzene rings is 1. The van der Waals surface area contributed by atoms with E-state index in [2.05, 4.69) is 20.5 Å². The lowest BCUT2D eigenvalue weighted by Gasteiger charge is -2.19. The van der Waals surface area contributed by atoms with E-state index in [1.54, 1.807) is 43.3 Å². The third-order valence-electron chi connectivity index (χ3n) is 3.93. The molecule has 0 aliphatic heterocycles. The van der Waals surface area contributed by atoms with Crippen LogP contribution in [0.2, 0.25) is 0 Å². The molecule has 0 bridgehead atoms. The number of likely N-dealkylation sites (N-methyl/N-ethyl adjacent to an activating group) is 1. The summed E-state index contributed by atoms with van der Waals surface area (Å²) in [6, 6.07) is 5.62. The fourth-order valence-electron chi connectivity index (χ4n) is 2.47. The number of halogens is 1. The van der Waals surface area contributed by atoms with Crippen molar-refractivity contribution >= 4 is 28.3 Å². The molecule has 0 fully saturated rings. The summed E-state index contributed by atoms with van der Waals surface area (Å²) in [5.41, 5.74) is 1.58. The molecule has 0 saturated heterocycles. The number of nitrogens with one attached hydrogen (secondary N) is 3. The van der Waals surface area contributed by atoms with E-state index in [4.69, 9.17) is 0 Å². The first-order valence-electron chi connectivity index (χ1n) is 7.78. The number of carbonyl (C=O) groups is 1. The van der Waals surface area contributed by atoms with Gasteiger partial charge in [-0.05, 0) is 38.7 Å². The number of aryl methyl sites for hydroxylation is 1. The van der Waals surface area contributed by atoms with E-state index in [0.29, 0.717) is 0 Å². The highest BCUT2D eigenvalue weighted by atomic mass is 35.5. The molecule has 10 heteroatoms. The van der Waals surface area contributed by atoms with Crippen LogP contribution in [-0.2, 0) is 21.9 Å². The number of aromatic nitrogens is 2. The zero-order chi connectivity index (χ0) is 18.6. The van der Waals surface area contributed by atoms with Crippen molar-refractivity contribution in [2.24, 2.45) is 7.05 Å². The number of sulfonamides is 1. The highest BCUT2D eigenvalue weighted by Crippen LogP contribution is 2.18. The molecule has 1 aromatic heterocycles. The summed E-state index contributed by atoms with van der Waals surface area (Å²) in [5.74, 6) is -0.185. The molecule has 0 saturated carbocycles. The molecule has 2 atom stereocenters.